The van der Waals surface area contributed by atoms with Crippen LogP contribution in [0.25, 0.3) is 0 Å². The molecule has 0 spiro atoms. The van der Waals surface area contributed by atoms with E-state index in [-0.39, 0.29) is 12.1 Å². The average Bonchev–Trinajstić information content (AvgIpc) is 2.90. The Morgan fingerprint density at radius 2 is 1.41 bits per heavy atom. The van der Waals surface area contributed by atoms with Crippen molar-refractivity contribution in [1.82, 2.24) is 5.32 Å². The van der Waals surface area contributed by atoms with E-state index in [4.69, 9.17) is 0 Å². The molecule has 2 aromatic rings. The van der Waals surface area contributed by atoms with Crippen LogP contribution in [0, 0.1) is 0 Å². The first-order valence-corrected chi connectivity index (χ1v) is 5.75. The molecule has 2 atom stereocenters. The molecule has 0 aliphatic carbocycles. The molecular formula is C15H13N2. The Hall–Kier alpha value is -2.09. The number of rotatable bonds is 2. The molecule has 1 heterocycles. The van der Waals surface area contributed by atoms with Gasteiger partial charge >= 0.3 is 0 Å². The molecule has 0 saturated heterocycles. The van der Waals surface area contributed by atoms with Crippen molar-refractivity contribution in [2.75, 3.05) is 0 Å². The number of aliphatic imine (C=N–C) groups is 1. The van der Waals surface area contributed by atoms with Gasteiger partial charge in [0, 0.05) is 0 Å². The summed E-state index contributed by atoms with van der Waals surface area (Å²) < 4.78 is 0. The third-order valence-electron chi connectivity index (χ3n) is 3.04. The second kappa shape index (κ2) is 4.42. The summed E-state index contributed by atoms with van der Waals surface area (Å²) in [7, 11) is 0. The third-order valence-corrected chi connectivity index (χ3v) is 3.04. The van der Waals surface area contributed by atoms with Crippen molar-refractivity contribution in [2.45, 2.75) is 12.1 Å². The predicted molar refractivity (Wildman–Crippen MR) is 68.9 cm³/mol. The second-order valence-electron chi connectivity index (χ2n) is 4.13. The summed E-state index contributed by atoms with van der Waals surface area (Å²) in [6, 6.07) is 21.0. The van der Waals surface area contributed by atoms with E-state index in [2.05, 4.69) is 53.0 Å². The van der Waals surface area contributed by atoms with E-state index in [1.54, 1.807) is 0 Å². The van der Waals surface area contributed by atoms with E-state index < -0.39 is 0 Å². The first kappa shape index (κ1) is 10.1. The van der Waals surface area contributed by atoms with Crippen LogP contribution in [0.5, 0.6) is 0 Å². The second-order valence-corrected chi connectivity index (χ2v) is 4.13. The van der Waals surface area contributed by atoms with Crippen LogP contribution in [0.15, 0.2) is 65.7 Å². The highest BCUT2D eigenvalue weighted by Gasteiger charge is 2.26. The van der Waals surface area contributed by atoms with Gasteiger partial charge in [0.2, 0.25) is 0 Å². The molecule has 1 radical (unpaired) electrons. The van der Waals surface area contributed by atoms with Gasteiger partial charge in [-0.25, -0.2) is 0 Å². The number of hydrogen-bond acceptors (Lipinski definition) is 2. The van der Waals surface area contributed by atoms with Gasteiger partial charge in [-0.05, 0) is 11.1 Å². The Bertz CT molecular complexity index is 505. The maximum absolute atomic E-state index is 4.40. The lowest BCUT2D eigenvalue weighted by Gasteiger charge is -2.18. The number of benzene rings is 2. The van der Waals surface area contributed by atoms with Crippen molar-refractivity contribution in [1.29, 1.82) is 0 Å². The summed E-state index contributed by atoms with van der Waals surface area (Å²) >= 11 is 0. The molecule has 2 unspecified atom stereocenters. The van der Waals surface area contributed by atoms with E-state index in [1.165, 1.54) is 11.1 Å². The fourth-order valence-electron chi connectivity index (χ4n) is 2.17. The fourth-order valence-corrected chi connectivity index (χ4v) is 2.17. The van der Waals surface area contributed by atoms with Crippen molar-refractivity contribution in [3.05, 3.63) is 71.8 Å². The lowest BCUT2D eigenvalue weighted by Crippen LogP contribution is -2.18. The smallest absolute Gasteiger partial charge is 0.165 e. The van der Waals surface area contributed by atoms with Crippen LogP contribution >= 0.6 is 0 Å². The minimum atomic E-state index is 0.124. The van der Waals surface area contributed by atoms with Crippen molar-refractivity contribution >= 4 is 6.34 Å². The molecule has 83 valence electrons. The van der Waals surface area contributed by atoms with Gasteiger partial charge in [-0.3, -0.25) is 4.99 Å². The standard InChI is InChI=1S/C15H13N2/c1-3-7-12(8-4-1)14-15(17-11-16-14)13-9-5-2-6-10-13/h1-10,14-15H,(H,16,17). The molecule has 0 amide bonds. The van der Waals surface area contributed by atoms with Crippen LogP contribution < -0.4 is 5.32 Å². The van der Waals surface area contributed by atoms with Gasteiger partial charge in [-0.1, -0.05) is 60.7 Å². The highest BCUT2D eigenvalue weighted by atomic mass is 15.1. The van der Waals surface area contributed by atoms with Crippen molar-refractivity contribution in [2.24, 2.45) is 4.99 Å². The molecule has 2 heteroatoms. The predicted octanol–water partition coefficient (Wildman–Crippen LogP) is 2.98. The normalized spacial score (nSPS) is 22.4. The summed E-state index contributed by atoms with van der Waals surface area (Å²) in [5.41, 5.74) is 2.47. The largest absolute Gasteiger partial charge is 0.358 e. The minimum absolute atomic E-state index is 0.124. The summed E-state index contributed by atoms with van der Waals surface area (Å²) in [4.78, 5) is 4.40. The molecule has 0 saturated carbocycles. The van der Waals surface area contributed by atoms with Crippen LogP contribution in [0.4, 0.5) is 0 Å². The summed E-state index contributed by atoms with van der Waals surface area (Å²) in [6.07, 6.45) is 2.89. The molecule has 3 rings (SSSR count). The van der Waals surface area contributed by atoms with Gasteiger partial charge in [0.15, 0.2) is 6.34 Å². The molecule has 1 N–H and O–H groups in total. The fraction of sp³-hybridized carbons (Fsp3) is 0.133. The maximum atomic E-state index is 4.40. The van der Waals surface area contributed by atoms with Gasteiger partial charge in [-0.15, -0.1) is 0 Å². The minimum Gasteiger partial charge on any atom is -0.358 e. The van der Waals surface area contributed by atoms with Crippen LogP contribution in [0.2, 0.25) is 0 Å². The number of nitrogens with zero attached hydrogens (tertiary/aromatic N) is 1. The summed E-state index contributed by atoms with van der Waals surface area (Å²) in [6.45, 7) is 0. The maximum Gasteiger partial charge on any atom is 0.165 e. The highest BCUT2D eigenvalue weighted by Crippen LogP contribution is 2.34. The van der Waals surface area contributed by atoms with Crippen molar-refractivity contribution < 1.29 is 0 Å². The zero-order valence-electron chi connectivity index (χ0n) is 9.38. The van der Waals surface area contributed by atoms with Gasteiger partial charge in [-0.2, -0.15) is 0 Å². The highest BCUT2D eigenvalue weighted by molar-refractivity contribution is 5.60. The zero-order valence-corrected chi connectivity index (χ0v) is 9.38. The van der Waals surface area contributed by atoms with Gasteiger partial charge < -0.3 is 5.32 Å². The first-order chi connectivity index (χ1) is 8.45. The van der Waals surface area contributed by atoms with E-state index >= 15 is 0 Å². The number of nitrogens with one attached hydrogen (secondary N) is 1. The molecule has 0 aromatic heterocycles. The van der Waals surface area contributed by atoms with Crippen molar-refractivity contribution in [3.63, 3.8) is 0 Å². The lowest BCUT2D eigenvalue weighted by molar-refractivity contribution is 0.573. The third kappa shape index (κ3) is 1.94. The van der Waals surface area contributed by atoms with E-state index in [9.17, 15) is 0 Å². The summed E-state index contributed by atoms with van der Waals surface area (Å²) in [5, 5.41) is 3.20. The Morgan fingerprint density at radius 3 is 2.06 bits per heavy atom. The van der Waals surface area contributed by atoms with E-state index in [1.807, 2.05) is 24.3 Å². The lowest BCUT2D eigenvalue weighted by atomic mass is 9.95. The SMILES string of the molecule is [C]1=NC(c2ccccc2)C(c2ccccc2)N1. The Balaban J connectivity index is 1.93. The molecule has 0 fully saturated rings. The first-order valence-electron chi connectivity index (χ1n) is 5.75. The Morgan fingerprint density at radius 1 is 0.824 bits per heavy atom. The monoisotopic (exact) mass is 221 g/mol. The molecule has 1 aliphatic rings. The van der Waals surface area contributed by atoms with Crippen LogP contribution in [-0.2, 0) is 0 Å². The average molecular weight is 221 g/mol. The zero-order chi connectivity index (χ0) is 11.5. The summed E-state index contributed by atoms with van der Waals surface area (Å²) in [5.74, 6) is 0. The molecule has 0 bridgehead atoms. The van der Waals surface area contributed by atoms with Crippen molar-refractivity contribution in [3.8, 4) is 0 Å². The molecular weight excluding hydrogens is 208 g/mol. The topological polar surface area (TPSA) is 24.4 Å². The molecule has 17 heavy (non-hydrogen) atoms. The van der Waals surface area contributed by atoms with Gasteiger partial charge in [0.1, 0.15) is 6.04 Å². The van der Waals surface area contributed by atoms with E-state index in [0.717, 1.165) is 0 Å². The Labute approximate surface area is 101 Å². The molecule has 2 aromatic carbocycles. The van der Waals surface area contributed by atoms with Crippen LogP contribution in [-0.4, -0.2) is 6.34 Å². The van der Waals surface area contributed by atoms with Crippen LogP contribution in [0.3, 0.4) is 0 Å². The Kier molecular flexibility index (Phi) is 2.62. The van der Waals surface area contributed by atoms with Gasteiger partial charge in [0.05, 0.1) is 6.04 Å². The van der Waals surface area contributed by atoms with Crippen LogP contribution in [0.1, 0.15) is 23.2 Å². The molecule has 2 nitrogen and oxygen atoms in total. The quantitative estimate of drug-likeness (QED) is 0.828. The number of hydrogen-bond donors (Lipinski definition) is 1. The van der Waals surface area contributed by atoms with E-state index in [0.29, 0.717) is 0 Å². The molecule has 1 aliphatic heterocycles. The van der Waals surface area contributed by atoms with Gasteiger partial charge in [0.25, 0.3) is 0 Å².